The molecule has 0 spiro atoms. The fourth-order valence-electron chi connectivity index (χ4n) is 2.27. The summed E-state index contributed by atoms with van der Waals surface area (Å²) in [6, 6.07) is 10.2. The first-order chi connectivity index (χ1) is 10.2. The number of hydrogen-bond donors (Lipinski definition) is 0. The van der Waals surface area contributed by atoms with Crippen LogP contribution in [0.15, 0.2) is 41.9 Å². The molecular weight excluding hydrogens is 298 g/mol. The van der Waals surface area contributed by atoms with Gasteiger partial charge < -0.3 is 4.18 Å². The second kappa shape index (κ2) is 4.95. The molecule has 0 atom stereocenters. The first-order valence-corrected chi connectivity index (χ1v) is 8.45. The maximum atomic E-state index is 11.4. The van der Waals surface area contributed by atoms with Gasteiger partial charge in [0, 0.05) is 17.3 Å². The molecule has 0 N–H and O–H groups in total. The molecule has 0 bridgehead atoms. The van der Waals surface area contributed by atoms with Crippen molar-refractivity contribution < 1.29 is 12.6 Å². The van der Waals surface area contributed by atoms with E-state index in [4.69, 9.17) is 4.18 Å². The van der Waals surface area contributed by atoms with E-state index in [0.29, 0.717) is 5.56 Å². The smallest absolute Gasteiger partial charge is 0.333 e. The number of nitrogens with zero attached hydrogens (tertiary/aromatic N) is 1. The van der Waals surface area contributed by atoms with E-state index in [1.807, 2.05) is 18.2 Å². The number of hydrogen-bond acceptors (Lipinski definition) is 4. The Morgan fingerprint density at radius 1 is 1.05 bits per heavy atom. The fourth-order valence-corrected chi connectivity index (χ4v) is 3.00. The Hall–Kier alpha value is -2.14. The minimum atomic E-state index is -3.64. The van der Waals surface area contributed by atoms with Crippen LogP contribution in [-0.4, -0.2) is 13.4 Å². The molecule has 0 saturated carbocycles. The third-order valence-electron chi connectivity index (χ3n) is 3.57. The zero-order valence-electron chi connectivity index (χ0n) is 12.7. The topological polar surface area (TPSA) is 56.3 Å². The Morgan fingerprint density at radius 3 is 2.36 bits per heavy atom. The van der Waals surface area contributed by atoms with Gasteiger partial charge in [0.25, 0.3) is 0 Å². The van der Waals surface area contributed by atoms with Crippen LogP contribution in [0.2, 0.25) is 0 Å². The Bertz CT molecular complexity index is 844. The van der Waals surface area contributed by atoms with Crippen LogP contribution in [-0.2, 0) is 15.5 Å². The lowest BCUT2D eigenvalue weighted by atomic mass is 9.86. The van der Waals surface area contributed by atoms with Crippen molar-refractivity contribution in [3.8, 4) is 17.0 Å². The minimum Gasteiger partial charge on any atom is -0.358 e. The molecule has 1 aliphatic heterocycles. The molecule has 0 amide bonds. The van der Waals surface area contributed by atoms with Crippen molar-refractivity contribution in [3.05, 3.63) is 53.1 Å². The van der Waals surface area contributed by atoms with Crippen LogP contribution < -0.4 is 4.18 Å². The van der Waals surface area contributed by atoms with Crippen molar-refractivity contribution in [2.45, 2.75) is 26.2 Å². The lowest BCUT2D eigenvalue weighted by Gasteiger charge is -2.19. The zero-order valence-corrected chi connectivity index (χ0v) is 13.5. The molecule has 22 heavy (non-hydrogen) atoms. The summed E-state index contributed by atoms with van der Waals surface area (Å²) in [4.78, 5) is 4.11. The molecule has 0 radical (unpaired) electrons. The average molecular weight is 315 g/mol. The molecule has 2 aromatic rings. The Morgan fingerprint density at radius 2 is 1.73 bits per heavy atom. The van der Waals surface area contributed by atoms with Crippen molar-refractivity contribution in [1.82, 2.24) is 4.98 Å². The molecular formula is C17H17NO3S. The second-order valence-corrected chi connectivity index (χ2v) is 7.75. The Kier molecular flexibility index (Phi) is 3.33. The summed E-state index contributed by atoms with van der Waals surface area (Å²) < 4.78 is 27.5. The van der Waals surface area contributed by atoms with E-state index < -0.39 is 10.1 Å². The molecule has 1 aromatic heterocycles. The van der Waals surface area contributed by atoms with Gasteiger partial charge in [-0.05, 0) is 28.7 Å². The van der Waals surface area contributed by atoms with Gasteiger partial charge in [0.1, 0.15) is 0 Å². The molecule has 0 fully saturated rings. The average Bonchev–Trinajstić information content (AvgIpc) is 2.45. The van der Waals surface area contributed by atoms with Gasteiger partial charge in [0.05, 0.1) is 5.41 Å². The molecule has 3 rings (SSSR count). The van der Waals surface area contributed by atoms with Crippen LogP contribution in [0.4, 0.5) is 0 Å². The van der Waals surface area contributed by atoms with E-state index >= 15 is 0 Å². The highest BCUT2D eigenvalue weighted by Gasteiger charge is 2.19. The standard InChI is InChI=1S/C17H17NO3S/c1-17(2,3)15-6-4-12(5-7-15)14-10-13-8-9-22(19,20)21-16(13)18-11-14/h4-11H,1-3H3. The molecule has 2 heterocycles. The van der Waals surface area contributed by atoms with Gasteiger partial charge in [-0.15, -0.1) is 0 Å². The maximum absolute atomic E-state index is 11.4. The van der Waals surface area contributed by atoms with Gasteiger partial charge >= 0.3 is 10.1 Å². The summed E-state index contributed by atoms with van der Waals surface area (Å²) >= 11 is 0. The second-order valence-electron chi connectivity index (χ2n) is 6.32. The third kappa shape index (κ3) is 2.90. The Labute approximate surface area is 130 Å². The van der Waals surface area contributed by atoms with Crippen LogP contribution in [0, 0.1) is 0 Å². The van der Waals surface area contributed by atoms with Crippen molar-refractivity contribution >= 4 is 16.2 Å². The number of aromatic nitrogens is 1. The van der Waals surface area contributed by atoms with Gasteiger partial charge in [-0.25, -0.2) is 4.98 Å². The zero-order chi connectivity index (χ0) is 16.0. The molecule has 0 saturated heterocycles. The Balaban J connectivity index is 1.97. The number of fused-ring (bicyclic) bond motifs is 1. The number of benzene rings is 1. The predicted octanol–water partition coefficient (Wildman–Crippen LogP) is 3.74. The van der Waals surface area contributed by atoms with Crippen molar-refractivity contribution in [2.75, 3.05) is 0 Å². The highest BCUT2D eigenvalue weighted by molar-refractivity contribution is 7.90. The quantitative estimate of drug-likeness (QED) is 0.752. The van der Waals surface area contributed by atoms with Crippen LogP contribution in [0.1, 0.15) is 31.9 Å². The molecule has 0 unspecified atom stereocenters. The van der Waals surface area contributed by atoms with E-state index in [0.717, 1.165) is 16.5 Å². The number of pyridine rings is 1. The van der Waals surface area contributed by atoms with E-state index in [1.165, 1.54) is 11.6 Å². The van der Waals surface area contributed by atoms with Gasteiger partial charge in [-0.2, -0.15) is 8.42 Å². The van der Waals surface area contributed by atoms with Crippen LogP contribution >= 0.6 is 0 Å². The molecule has 0 aliphatic carbocycles. The summed E-state index contributed by atoms with van der Waals surface area (Å²) in [5, 5.41) is 1.05. The van der Waals surface area contributed by atoms with Gasteiger partial charge in [-0.3, -0.25) is 0 Å². The lowest BCUT2D eigenvalue weighted by molar-refractivity contribution is 0.484. The molecule has 1 aromatic carbocycles. The van der Waals surface area contributed by atoms with Crippen LogP contribution in [0.5, 0.6) is 5.88 Å². The first-order valence-electron chi connectivity index (χ1n) is 6.98. The summed E-state index contributed by atoms with van der Waals surface area (Å²) in [7, 11) is -3.64. The third-order valence-corrected chi connectivity index (χ3v) is 4.43. The molecule has 1 aliphatic rings. The maximum Gasteiger partial charge on any atom is 0.333 e. The summed E-state index contributed by atoms with van der Waals surface area (Å²) in [6.45, 7) is 6.51. The van der Waals surface area contributed by atoms with E-state index in [9.17, 15) is 8.42 Å². The SMILES string of the molecule is CC(C)(C)c1ccc(-c2cnc3c(c2)C=CS(=O)(=O)O3)cc1. The summed E-state index contributed by atoms with van der Waals surface area (Å²) in [5.74, 6) is 0.123. The van der Waals surface area contributed by atoms with E-state index in [2.05, 4.69) is 37.9 Å². The van der Waals surface area contributed by atoms with Gasteiger partial charge in [0.2, 0.25) is 5.88 Å². The van der Waals surface area contributed by atoms with Gasteiger partial charge in [-0.1, -0.05) is 45.0 Å². The predicted molar refractivity (Wildman–Crippen MR) is 87.0 cm³/mol. The largest absolute Gasteiger partial charge is 0.358 e. The molecule has 4 nitrogen and oxygen atoms in total. The molecule has 114 valence electrons. The van der Waals surface area contributed by atoms with Crippen molar-refractivity contribution in [3.63, 3.8) is 0 Å². The fraction of sp³-hybridized carbons (Fsp3) is 0.235. The molecule has 5 heteroatoms. The number of rotatable bonds is 1. The van der Waals surface area contributed by atoms with Gasteiger partial charge in [0.15, 0.2) is 0 Å². The monoisotopic (exact) mass is 315 g/mol. The highest BCUT2D eigenvalue weighted by Crippen LogP contribution is 2.30. The van der Waals surface area contributed by atoms with Crippen molar-refractivity contribution in [1.29, 1.82) is 0 Å². The van der Waals surface area contributed by atoms with E-state index in [1.54, 1.807) is 6.20 Å². The van der Waals surface area contributed by atoms with E-state index in [-0.39, 0.29) is 11.3 Å². The highest BCUT2D eigenvalue weighted by atomic mass is 32.2. The minimum absolute atomic E-state index is 0.109. The van der Waals surface area contributed by atoms with Crippen molar-refractivity contribution in [2.24, 2.45) is 0 Å². The summed E-state index contributed by atoms with van der Waals surface area (Å²) in [5.41, 5.74) is 3.98. The first kappa shape index (κ1) is 14.8. The summed E-state index contributed by atoms with van der Waals surface area (Å²) in [6.07, 6.45) is 3.13. The lowest BCUT2D eigenvalue weighted by Crippen LogP contribution is -2.11. The van der Waals surface area contributed by atoms with Crippen LogP contribution in [0.3, 0.4) is 0 Å². The normalized spacial score (nSPS) is 16.0. The van der Waals surface area contributed by atoms with Crippen LogP contribution in [0.25, 0.3) is 17.2 Å².